The summed E-state index contributed by atoms with van der Waals surface area (Å²) in [6.45, 7) is 0.463. The molecule has 1 aromatic heterocycles. The number of carbonyl (C=O) groups is 1. The maximum Gasteiger partial charge on any atom is 0.282 e. The van der Waals surface area contributed by atoms with E-state index in [1.807, 2.05) is 0 Å². The molecule has 0 unspecified atom stereocenters. The van der Waals surface area contributed by atoms with Crippen molar-refractivity contribution in [2.45, 2.75) is 38.2 Å². The Morgan fingerprint density at radius 3 is 2.30 bits per heavy atom. The Bertz CT molecular complexity index is 1340. The third-order valence-electron chi connectivity index (χ3n) is 5.32. The summed E-state index contributed by atoms with van der Waals surface area (Å²) in [5, 5.41) is 13.7. The van der Waals surface area contributed by atoms with E-state index in [1.165, 1.54) is 31.2 Å². The molecule has 0 saturated heterocycles. The fourth-order valence-corrected chi connectivity index (χ4v) is 3.44. The standard InChI is InChI=1S/C24H19F7N2O4/c1-12-8-15(21(35)33(32-12)17-4-2-3-5-19(17)37-11-20(26)27)18(34)9-13-6-7-14(10-16(13)25)24(36,22(28)29)23(30)31/h2-8,10,20,22-23,36H,9,11H2,1H3. The van der Waals surface area contributed by atoms with E-state index in [4.69, 9.17) is 4.74 Å². The minimum atomic E-state index is -3.93. The molecule has 1 heterocycles. The average molecular weight is 532 g/mol. The fourth-order valence-electron chi connectivity index (χ4n) is 3.44. The third-order valence-corrected chi connectivity index (χ3v) is 5.32. The van der Waals surface area contributed by atoms with Gasteiger partial charge in [-0.3, -0.25) is 9.59 Å². The van der Waals surface area contributed by atoms with Crippen LogP contribution in [0.25, 0.3) is 5.69 Å². The van der Waals surface area contributed by atoms with Crippen molar-refractivity contribution < 1.29 is 45.4 Å². The Balaban J connectivity index is 1.97. The topological polar surface area (TPSA) is 81.4 Å². The molecule has 6 nitrogen and oxygen atoms in total. The van der Waals surface area contributed by atoms with Crippen molar-refractivity contribution in [3.05, 3.63) is 87.1 Å². The van der Waals surface area contributed by atoms with Crippen LogP contribution in [0.15, 0.2) is 53.3 Å². The number of ketones is 1. The van der Waals surface area contributed by atoms with E-state index in [0.717, 1.165) is 16.8 Å². The predicted molar refractivity (Wildman–Crippen MR) is 116 cm³/mol. The highest BCUT2D eigenvalue weighted by Crippen LogP contribution is 2.35. The predicted octanol–water partition coefficient (Wildman–Crippen LogP) is 4.47. The molecular weight excluding hydrogens is 513 g/mol. The molecule has 0 fully saturated rings. The van der Waals surface area contributed by atoms with E-state index >= 15 is 0 Å². The van der Waals surface area contributed by atoms with Gasteiger partial charge in [0.2, 0.25) is 5.60 Å². The quantitative estimate of drug-likeness (QED) is 0.308. The van der Waals surface area contributed by atoms with Crippen molar-refractivity contribution in [3.63, 3.8) is 0 Å². The molecule has 0 radical (unpaired) electrons. The largest absolute Gasteiger partial charge is 0.485 e. The van der Waals surface area contributed by atoms with E-state index < -0.39 is 71.8 Å². The number of aryl methyl sites for hydroxylation is 1. The van der Waals surface area contributed by atoms with Gasteiger partial charge < -0.3 is 9.84 Å². The lowest BCUT2D eigenvalue weighted by Gasteiger charge is -2.27. The normalized spacial score (nSPS) is 12.0. The van der Waals surface area contributed by atoms with E-state index in [-0.39, 0.29) is 23.2 Å². The van der Waals surface area contributed by atoms with Gasteiger partial charge in [0.1, 0.15) is 23.9 Å². The maximum absolute atomic E-state index is 14.6. The summed E-state index contributed by atoms with van der Waals surface area (Å²) in [5.74, 6) is -2.38. The molecule has 2 aromatic carbocycles. The number of para-hydroxylation sites is 2. The Labute approximate surface area is 204 Å². The molecule has 0 aliphatic heterocycles. The van der Waals surface area contributed by atoms with Gasteiger partial charge in [-0.1, -0.05) is 24.3 Å². The van der Waals surface area contributed by atoms with Crippen LogP contribution in [0.3, 0.4) is 0 Å². The molecule has 0 aliphatic carbocycles. The van der Waals surface area contributed by atoms with Crippen molar-refractivity contribution in [1.29, 1.82) is 0 Å². The van der Waals surface area contributed by atoms with Gasteiger partial charge in [-0.15, -0.1) is 0 Å². The first-order valence-electron chi connectivity index (χ1n) is 10.6. The lowest BCUT2D eigenvalue weighted by Crippen LogP contribution is -2.41. The maximum atomic E-state index is 14.6. The van der Waals surface area contributed by atoms with E-state index in [0.29, 0.717) is 6.07 Å². The van der Waals surface area contributed by atoms with Crippen molar-refractivity contribution in [1.82, 2.24) is 9.78 Å². The summed E-state index contributed by atoms with van der Waals surface area (Å²) in [5.41, 5.74) is -6.75. The molecule has 0 atom stereocenters. The molecule has 37 heavy (non-hydrogen) atoms. The first-order chi connectivity index (χ1) is 17.4. The highest BCUT2D eigenvalue weighted by Gasteiger charge is 2.49. The number of Topliss-reactive ketones (excluding diaryl/α,β-unsaturated/α-hetero) is 1. The fraction of sp³-hybridized carbons (Fsp3) is 0.292. The minimum Gasteiger partial charge on any atom is -0.485 e. The minimum absolute atomic E-state index is 0.0419. The molecule has 0 bridgehead atoms. The lowest BCUT2D eigenvalue weighted by atomic mass is 9.92. The van der Waals surface area contributed by atoms with Gasteiger partial charge in [0.25, 0.3) is 24.8 Å². The number of hydrogen-bond donors (Lipinski definition) is 1. The molecule has 3 aromatic rings. The summed E-state index contributed by atoms with van der Waals surface area (Å²) in [6, 6.07) is 8.39. The monoisotopic (exact) mass is 532 g/mol. The second kappa shape index (κ2) is 11.1. The van der Waals surface area contributed by atoms with Crippen LogP contribution >= 0.6 is 0 Å². The van der Waals surface area contributed by atoms with Gasteiger partial charge in [0.05, 0.1) is 11.3 Å². The van der Waals surface area contributed by atoms with Crippen LogP contribution in [-0.4, -0.2) is 46.6 Å². The van der Waals surface area contributed by atoms with Crippen molar-refractivity contribution in [2.75, 3.05) is 6.61 Å². The highest BCUT2D eigenvalue weighted by molar-refractivity contribution is 5.97. The van der Waals surface area contributed by atoms with Gasteiger partial charge in [0, 0.05) is 6.42 Å². The van der Waals surface area contributed by atoms with Crippen LogP contribution in [0.4, 0.5) is 30.7 Å². The molecule has 0 aliphatic rings. The SMILES string of the molecule is Cc1cc(C(=O)Cc2ccc(C(O)(C(F)F)C(F)F)cc2F)c(=O)n(-c2ccccc2OCC(F)F)n1. The number of aromatic nitrogens is 2. The van der Waals surface area contributed by atoms with E-state index in [2.05, 4.69) is 5.10 Å². The smallest absolute Gasteiger partial charge is 0.282 e. The second-order valence-corrected chi connectivity index (χ2v) is 7.92. The van der Waals surface area contributed by atoms with Crippen LogP contribution in [0.5, 0.6) is 5.75 Å². The van der Waals surface area contributed by atoms with Crippen molar-refractivity contribution in [2.24, 2.45) is 0 Å². The first-order valence-corrected chi connectivity index (χ1v) is 10.6. The van der Waals surface area contributed by atoms with Gasteiger partial charge in [-0.05, 0) is 42.3 Å². The zero-order valence-electron chi connectivity index (χ0n) is 19.0. The van der Waals surface area contributed by atoms with Crippen molar-refractivity contribution in [3.8, 4) is 11.4 Å². The molecule has 0 spiro atoms. The first kappa shape index (κ1) is 27.8. The summed E-state index contributed by atoms with van der Waals surface area (Å²) in [4.78, 5) is 25.9. The second-order valence-electron chi connectivity index (χ2n) is 7.92. The number of rotatable bonds is 10. The number of carbonyl (C=O) groups excluding carboxylic acids is 1. The number of ether oxygens (including phenoxy) is 1. The molecule has 198 valence electrons. The zero-order valence-corrected chi connectivity index (χ0v) is 19.0. The number of hydrogen-bond acceptors (Lipinski definition) is 5. The lowest BCUT2D eigenvalue weighted by molar-refractivity contribution is -0.183. The number of alkyl halides is 6. The number of aliphatic hydroxyl groups is 1. The number of halogens is 7. The van der Waals surface area contributed by atoms with Crippen molar-refractivity contribution >= 4 is 5.78 Å². The highest BCUT2D eigenvalue weighted by atomic mass is 19.3. The molecule has 0 amide bonds. The Morgan fingerprint density at radius 1 is 1.05 bits per heavy atom. The molecule has 1 N–H and O–H groups in total. The van der Waals surface area contributed by atoms with Gasteiger partial charge in [0.15, 0.2) is 5.78 Å². The zero-order chi connectivity index (χ0) is 27.5. The van der Waals surface area contributed by atoms with Crippen LogP contribution in [0, 0.1) is 12.7 Å². The van der Waals surface area contributed by atoms with Crippen LogP contribution in [0.2, 0.25) is 0 Å². The summed E-state index contributed by atoms with van der Waals surface area (Å²) in [6.07, 6.45) is -11.4. The van der Waals surface area contributed by atoms with E-state index in [1.54, 1.807) is 0 Å². The number of benzene rings is 2. The third kappa shape index (κ3) is 5.82. The molecule has 13 heteroatoms. The van der Waals surface area contributed by atoms with Gasteiger partial charge in [-0.2, -0.15) is 9.78 Å². The number of nitrogens with zero attached hydrogens (tertiary/aromatic N) is 2. The Hall–Kier alpha value is -3.74. The van der Waals surface area contributed by atoms with Gasteiger partial charge >= 0.3 is 0 Å². The Morgan fingerprint density at radius 2 is 1.70 bits per heavy atom. The molecule has 3 rings (SSSR count). The van der Waals surface area contributed by atoms with Crippen LogP contribution in [-0.2, 0) is 12.0 Å². The Kier molecular flexibility index (Phi) is 8.36. The summed E-state index contributed by atoms with van der Waals surface area (Å²) in [7, 11) is 0. The van der Waals surface area contributed by atoms with Gasteiger partial charge in [-0.25, -0.2) is 30.7 Å². The van der Waals surface area contributed by atoms with Crippen LogP contribution in [0.1, 0.15) is 27.2 Å². The average Bonchev–Trinajstić information content (AvgIpc) is 2.84. The molecule has 0 saturated carbocycles. The van der Waals surface area contributed by atoms with Crippen LogP contribution < -0.4 is 10.3 Å². The van der Waals surface area contributed by atoms with E-state index in [9.17, 15) is 45.4 Å². The summed E-state index contributed by atoms with van der Waals surface area (Å²) < 4.78 is 97.8. The molecular formula is C24H19F7N2O4. The summed E-state index contributed by atoms with van der Waals surface area (Å²) >= 11 is 0.